The van der Waals surface area contributed by atoms with E-state index in [1.165, 1.54) is 0 Å². The van der Waals surface area contributed by atoms with Crippen molar-refractivity contribution in [1.82, 2.24) is 0 Å². The highest BCUT2D eigenvalue weighted by molar-refractivity contribution is 5.13. The molecule has 1 aromatic rings. The van der Waals surface area contributed by atoms with E-state index >= 15 is 0 Å². The second kappa shape index (κ2) is 5.11. The van der Waals surface area contributed by atoms with Gasteiger partial charge in [0.1, 0.15) is 0 Å². The largest absolute Gasteiger partial charge is 0.356 e. The number of aromatic nitrogens is 1. The standard InChI is InChI=1S/C8H11FN.NO3/c1-6-4-7(2)10(9)8(3)5-6;2-1(3)4/h4-5H,1-3H3;/q+1;-1. The van der Waals surface area contributed by atoms with Crippen LogP contribution in [0, 0.1) is 36.1 Å². The Kier molecular flexibility index (Phi) is 4.48. The van der Waals surface area contributed by atoms with Gasteiger partial charge in [0, 0.05) is 30.8 Å². The summed E-state index contributed by atoms with van der Waals surface area (Å²) in [5.41, 5.74) is 2.40. The van der Waals surface area contributed by atoms with Crippen molar-refractivity contribution in [2.24, 2.45) is 0 Å². The molecule has 1 rings (SSSR count). The van der Waals surface area contributed by atoms with Crippen molar-refractivity contribution < 1.29 is 14.4 Å². The second-order valence-corrected chi connectivity index (χ2v) is 2.82. The summed E-state index contributed by atoms with van der Waals surface area (Å²) in [4.78, 5) is 8.94. The number of nitrogens with zero attached hydrogens (tertiary/aromatic N) is 2. The number of rotatable bonds is 0. The predicted octanol–water partition coefficient (Wildman–Crippen LogP) is 1.39. The number of hydrogen-bond acceptors (Lipinski definition) is 3. The molecule has 5 nitrogen and oxygen atoms in total. The van der Waals surface area contributed by atoms with Crippen molar-refractivity contribution in [3.05, 3.63) is 44.4 Å². The van der Waals surface area contributed by atoms with Crippen molar-refractivity contribution in [3.63, 3.8) is 0 Å². The van der Waals surface area contributed by atoms with Crippen LogP contribution in [0.4, 0.5) is 4.48 Å². The monoisotopic (exact) mass is 202 g/mol. The first-order chi connectivity index (χ1) is 6.34. The number of hydrogen-bond donors (Lipinski definition) is 0. The third-order valence-corrected chi connectivity index (χ3v) is 1.49. The lowest BCUT2D eigenvalue weighted by Crippen LogP contribution is -2.30. The van der Waals surface area contributed by atoms with Crippen molar-refractivity contribution in [2.75, 3.05) is 0 Å². The van der Waals surface area contributed by atoms with Gasteiger partial charge in [-0.05, 0) is 12.5 Å². The highest BCUT2D eigenvalue weighted by Crippen LogP contribution is 2.00. The zero-order valence-electron chi connectivity index (χ0n) is 8.15. The Morgan fingerprint density at radius 1 is 1.21 bits per heavy atom. The van der Waals surface area contributed by atoms with Crippen molar-refractivity contribution in [2.45, 2.75) is 20.8 Å². The minimum absolute atomic E-state index is 0.650. The fraction of sp³-hybridized carbons (Fsp3) is 0.375. The van der Waals surface area contributed by atoms with Crippen LogP contribution in [-0.2, 0) is 0 Å². The molecule has 0 aromatic carbocycles. The van der Waals surface area contributed by atoms with Gasteiger partial charge in [0.25, 0.3) is 0 Å². The van der Waals surface area contributed by atoms with Gasteiger partial charge >= 0.3 is 0 Å². The summed E-state index contributed by atoms with van der Waals surface area (Å²) >= 11 is 0. The SMILES string of the molecule is Cc1cc(C)[n+](F)c(C)c1.O=[N+]([O-])[O-]. The Morgan fingerprint density at radius 2 is 1.50 bits per heavy atom. The maximum Gasteiger partial charge on any atom is 0.227 e. The molecule has 0 saturated carbocycles. The highest BCUT2D eigenvalue weighted by atomic mass is 19.2. The molecule has 0 radical (unpaired) electrons. The maximum atomic E-state index is 12.8. The van der Waals surface area contributed by atoms with Gasteiger partial charge in [-0.1, -0.05) is 0 Å². The van der Waals surface area contributed by atoms with E-state index < -0.39 is 5.09 Å². The van der Waals surface area contributed by atoms with Gasteiger partial charge < -0.3 is 15.3 Å². The summed E-state index contributed by atoms with van der Waals surface area (Å²) in [6.07, 6.45) is 0. The minimum atomic E-state index is -1.75. The van der Waals surface area contributed by atoms with E-state index in [9.17, 15) is 4.48 Å². The summed E-state index contributed by atoms with van der Waals surface area (Å²) in [6, 6.07) is 3.62. The molecule has 14 heavy (non-hydrogen) atoms. The first-order valence-corrected chi connectivity index (χ1v) is 3.82. The first kappa shape index (κ1) is 12.3. The van der Waals surface area contributed by atoms with E-state index in [1.807, 2.05) is 19.1 Å². The molecule has 0 fully saturated rings. The molecule has 1 aromatic heterocycles. The van der Waals surface area contributed by atoms with Gasteiger partial charge in [-0.2, -0.15) is 0 Å². The van der Waals surface area contributed by atoms with Crippen LogP contribution < -0.4 is 4.79 Å². The number of halogens is 1. The van der Waals surface area contributed by atoms with Crippen LogP contribution in [0.5, 0.6) is 0 Å². The van der Waals surface area contributed by atoms with Crippen LogP contribution >= 0.6 is 0 Å². The van der Waals surface area contributed by atoms with E-state index in [0.717, 1.165) is 5.56 Å². The lowest BCUT2D eigenvalue weighted by Gasteiger charge is -1.92. The molecule has 0 atom stereocenters. The molecule has 0 aliphatic rings. The van der Waals surface area contributed by atoms with Crippen LogP contribution in [0.2, 0.25) is 0 Å². The first-order valence-electron chi connectivity index (χ1n) is 3.82. The summed E-state index contributed by atoms with van der Waals surface area (Å²) in [6.45, 7) is 5.46. The van der Waals surface area contributed by atoms with Gasteiger partial charge in [0.2, 0.25) is 11.4 Å². The lowest BCUT2D eigenvalue weighted by molar-refractivity contribution is -0.852. The minimum Gasteiger partial charge on any atom is -0.356 e. The molecule has 0 amide bonds. The fourth-order valence-corrected chi connectivity index (χ4v) is 1.09. The van der Waals surface area contributed by atoms with Crippen LogP contribution in [0.1, 0.15) is 17.0 Å². The zero-order chi connectivity index (χ0) is 11.3. The van der Waals surface area contributed by atoms with Gasteiger partial charge in [-0.15, -0.1) is 0 Å². The molecule has 6 heteroatoms. The molecule has 0 saturated heterocycles. The Balaban J connectivity index is 0.000000364. The van der Waals surface area contributed by atoms with E-state index in [4.69, 9.17) is 15.3 Å². The Morgan fingerprint density at radius 3 is 1.79 bits per heavy atom. The molecular weight excluding hydrogens is 191 g/mol. The van der Waals surface area contributed by atoms with Crippen LogP contribution in [0.3, 0.4) is 0 Å². The topological polar surface area (TPSA) is 70.1 Å². The molecule has 0 N–H and O–H groups in total. The molecule has 0 bridgehead atoms. The predicted molar refractivity (Wildman–Crippen MR) is 47.7 cm³/mol. The second-order valence-electron chi connectivity index (χ2n) is 2.82. The maximum absolute atomic E-state index is 12.8. The molecule has 0 aliphatic heterocycles. The van der Waals surface area contributed by atoms with Crippen LogP contribution in [0.15, 0.2) is 12.1 Å². The smallest absolute Gasteiger partial charge is 0.227 e. The van der Waals surface area contributed by atoms with Crippen molar-refractivity contribution >= 4 is 0 Å². The average Bonchev–Trinajstić information content (AvgIpc) is 1.98. The van der Waals surface area contributed by atoms with Gasteiger partial charge in [-0.25, -0.2) is 0 Å². The molecule has 0 aliphatic carbocycles. The average molecular weight is 202 g/mol. The molecule has 0 spiro atoms. The Hall–Kier alpha value is -1.72. The lowest BCUT2D eigenvalue weighted by atomic mass is 10.2. The van der Waals surface area contributed by atoms with Crippen molar-refractivity contribution in [3.8, 4) is 0 Å². The Bertz CT molecular complexity index is 314. The summed E-state index contributed by atoms with van der Waals surface area (Å²) in [5, 5.41) is 14.8. The van der Waals surface area contributed by atoms with E-state index in [2.05, 4.69) is 0 Å². The molecular formula is C8H11FN2O3. The summed E-state index contributed by atoms with van der Waals surface area (Å²) in [5.74, 6) is 0. The molecule has 0 unspecified atom stereocenters. The molecule has 1 heterocycles. The van der Waals surface area contributed by atoms with E-state index in [-0.39, 0.29) is 0 Å². The summed E-state index contributed by atoms with van der Waals surface area (Å²) in [7, 11) is 0. The van der Waals surface area contributed by atoms with Crippen molar-refractivity contribution in [1.29, 1.82) is 0 Å². The number of pyridine rings is 1. The number of aryl methyl sites for hydroxylation is 3. The normalized spacial score (nSPS) is 8.86. The zero-order valence-corrected chi connectivity index (χ0v) is 8.15. The Labute approximate surface area is 80.5 Å². The van der Waals surface area contributed by atoms with E-state index in [1.54, 1.807) is 13.8 Å². The summed E-state index contributed by atoms with van der Waals surface area (Å²) < 4.78 is 12.8. The quantitative estimate of drug-likeness (QED) is 0.471. The van der Waals surface area contributed by atoms with Gasteiger partial charge in [0.15, 0.2) is 0 Å². The van der Waals surface area contributed by atoms with Gasteiger partial charge in [0.05, 0.1) is 9.57 Å². The van der Waals surface area contributed by atoms with Gasteiger partial charge in [-0.3, -0.25) is 0 Å². The van der Waals surface area contributed by atoms with Crippen LogP contribution in [0.25, 0.3) is 0 Å². The van der Waals surface area contributed by atoms with E-state index in [0.29, 0.717) is 16.2 Å². The van der Waals surface area contributed by atoms with Crippen LogP contribution in [-0.4, -0.2) is 5.09 Å². The fourth-order valence-electron chi connectivity index (χ4n) is 1.09. The highest BCUT2D eigenvalue weighted by Gasteiger charge is 2.09. The molecule has 78 valence electrons. The third-order valence-electron chi connectivity index (χ3n) is 1.49. The third kappa shape index (κ3) is 4.34.